The number of para-hydroxylation sites is 3. The Kier molecular flexibility index (Phi) is 6.48. The van der Waals surface area contributed by atoms with E-state index < -0.39 is 5.25 Å². The number of benzene rings is 3. The quantitative estimate of drug-likeness (QED) is 0.258. The molecule has 2 N–H and O–H groups in total. The van der Waals surface area contributed by atoms with Gasteiger partial charge in [0.05, 0.1) is 18.0 Å². The molecule has 2 heterocycles. The van der Waals surface area contributed by atoms with Crippen LogP contribution in [0.3, 0.4) is 0 Å². The van der Waals surface area contributed by atoms with Crippen molar-refractivity contribution in [2.75, 3.05) is 12.4 Å². The number of H-pyrrole nitrogens is 1. The third-order valence-corrected chi connectivity index (χ3v) is 6.86. The van der Waals surface area contributed by atoms with Crippen molar-refractivity contribution in [1.29, 1.82) is 0 Å². The van der Waals surface area contributed by atoms with Crippen LogP contribution in [0.4, 0.5) is 5.69 Å². The first-order valence-corrected chi connectivity index (χ1v) is 12.2. The smallest absolute Gasteiger partial charge is 0.237 e. The topological polar surface area (TPSA) is 84.8 Å². The Morgan fingerprint density at radius 3 is 2.60 bits per heavy atom. The molecule has 9 heteroatoms. The minimum absolute atomic E-state index is 0.168. The molecular weight excluding hydrogens is 482 g/mol. The number of halogens is 1. The van der Waals surface area contributed by atoms with E-state index in [2.05, 4.69) is 20.5 Å². The largest absolute Gasteiger partial charge is 0.495 e. The number of hydrogen-bond acceptors (Lipinski definition) is 5. The Morgan fingerprint density at radius 2 is 1.80 bits per heavy atom. The number of carbonyl (C=O) groups excluding carboxylic acids is 1. The maximum atomic E-state index is 13.0. The van der Waals surface area contributed by atoms with Crippen LogP contribution in [-0.4, -0.2) is 38.0 Å². The van der Waals surface area contributed by atoms with Gasteiger partial charge in [-0.15, -0.1) is 10.2 Å². The Bertz CT molecular complexity index is 1500. The standard InChI is InChI=1S/C26H22ClN5O2S/c1-16(25(33)29-22-9-5-6-10-23(22)34-2)35-26-31-30-24(32(26)18-13-11-17(27)12-14-18)20-15-28-21-8-4-3-7-19(20)21/h3-16,28H,1-2H3,(H,29,33). The Balaban J connectivity index is 1.50. The Labute approximate surface area is 211 Å². The van der Waals surface area contributed by atoms with Gasteiger partial charge in [-0.2, -0.15) is 0 Å². The van der Waals surface area contributed by atoms with Gasteiger partial charge in [0.25, 0.3) is 0 Å². The van der Waals surface area contributed by atoms with Crippen LogP contribution in [0, 0.1) is 0 Å². The third kappa shape index (κ3) is 4.62. The number of aromatic amines is 1. The predicted octanol–water partition coefficient (Wildman–Crippen LogP) is 6.20. The fourth-order valence-electron chi connectivity index (χ4n) is 3.79. The number of anilines is 1. The average molecular weight is 504 g/mol. The van der Waals surface area contributed by atoms with Crippen molar-refractivity contribution in [2.45, 2.75) is 17.3 Å². The number of nitrogens with zero attached hydrogens (tertiary/aromatic N) is 3. The molecule has 1 atom stereocenters. The number of ether oxygens (including phenoxy) is 1. The summed E-state index contributed by atoms with van der Waals surface area (Å²) in [5.74, 6) is 1.10. The summed E-state index contributed by atoms with van der Waals surface area (Å²) >= 11 is 7.47. The maximum absolute atomic E-state index is 13.0. The second kappa shape index (κ2) is 9.85. The van der Waals surface area contributed by atoms with Crippen LogP contribution in [0.2, 0.25) is 5.02 Å². The van der Waals surface area contributed by atoms with E-state index in [0.717, 1.165) is 22.2 Å². The second-order valence-electron chi connectivity index (χ2n) is 7.82. The summed E-state index contributed by atoms with van der Waals surface area (Å²) in [7, 11) is 1.57. The number of methoxy groups -OCH3 is 1. The van der Waals surface area contributed by atoms with E-state index in [0.29, 0.717) is 27.4 Å². The Hall–Kier alpha value is -3.75. The lowest BCUT2D eigenvalue weighted by atomic mass is 10.1. The summed E-state index contributed by atoms with van der Waals surface area (Å²) in [5.41, 5.74) is 3.39. The van der Waals surface area contributed by atoms with Crippen LogP contribution in [0.5, 0.6) is 5.75 Å². The van der Waals surface area contributed by atoms with E-state index in [9.17, 15) is 4.79 Å². The minimum Gasteiger partial charge on any atom is -0.495 e. The lowest BCUT2D eigenvalue weighted by molar-refractivity contribution is -0.115. The fourth-order valence-corrected chi connectivity index (χ4v) is 4.79. The highest BCUT2D eigenvalue weighted by Gasteiger charge is 2.23. The SMILES string of the molecule is COc1ccccc1NC(=O)C(C)Sc1nnc(-c2c[nH]c3ccccc23)n1-c1ccc(Cl)cc1. The van der Waals surface area contributed by atoms with Crippen LogP contribution in [0.15, 0.2) is 84.1 Å². The van der Waals surface area contributed by atoms with E-state index in [-0.39, 0.29) is 5.91 Å². The third-order valence-electron chi connectivity index (χ3n) is 5.56. The molecular formula is C26H22ClN5O2S. The average Bonchev–Trinajstić information content (AvgIpc) is 3.49. The fraction of sp³-hybridized carbons (Fsp3) is 0.115. The van der Waals surface area contributed by atoms with Crippen LogP contribution >= 0.6 is 23.4 Å². The second-order valence-corrected chi connectivity index (χ2v) is 9.56. The molecule has 1 amide bonds. The van der Waals surface area contributed by atoms with Gasteiger partial charge in [0, 0.05) is 33.4 Å². The van der Waals surface area contributed by atoms with Crippen LogP contribution in [0.1, 0.15) is 6.92 Å². The van der Waals surface area contributed by atoms with Gasteiger partial charge >= 0.3 is 0 Å². The number of aromatic nitrogens is 4. The molecule has 2 aromatic heterocycles. The summed E-state index contributed by atoms with van der Waals surface area (Å²) < 4.78 is 7.30. The van der Waals surface area contributed by atoms with Crippen molar-refractivity contribution >= 4 is 45.9 Å². The maximum Gasteiger partial charge on any atom is 0.237 e. The van der Waals surface area contributed by atoms with Gasteiger partial charge in [0.2, 0.25) is 5.91 Å². The van der Waals surface area contributed by atoms with Gasteiger partial charge in [0.1, 0.15) is 5.75 Å². The molecule has 0 saturated carbocycles. The van der Waals surface area contributed by atoms with Gasteiger partial charge in [-0.05, 0) is 49.4 Å². The number of rotatable bonds is 7. The molecule has 5 rings (SSSR count). The van der Waals surface area contributed by atoms with Gasteiger partial charge in [-0.25, -0.2) is 0 Å². The molecule has 0 spiro atoms. The minimum atomic E-state index is -0.453. The summed E-state index contributed by atoms with van der Waals surface area (Å²) in [5, 5.41) is 13.7. The first kappa shape index (κ1) is 23.0. The first-order chi connectivity index (χ1) is 17.0. The molecule has 5 aromatic rings. The number of carbonyl (C=O) groups is 1. The van der Waals surface area contributed by atoms with Crippen molar-refractivity contribution in [2.24, 2.45) is 0 Å². The van der Waals surface area contributed by atoms with E-state index in [4.69, 9.17) is 16.3 Å². The zero-order chi connectivity index (χ0) is 24.4. The van der Waals surface area contributed by atoms with E-state index >= 15 is 0 Å². The van der Waals surface area contributed by atoms with Gasteiger partial charge in [0.15, 0.2) is 11.0 Å². The predicted molar refractivity (Wildman–Crippen MR) is 141 cm³/mol. The van der Waals surface area contributed by atoms with Crippen molar-refractivity contribution in [3.63, 3.8) is 0 Å². The number of hydrogen-bond donors (Lipinski definition) is 2. The summed E-state index contributed by atoms with van der Waals surface area (Å²) in [6.07, 6.45) is 1.92. The van der Waals surface area contributed by atoms with Crippen LogP contribution in [-0.2, 0) is 4.79 Å². The molecule has 7 nitrogen and oxygen atoms in total. The molecule has 0 fully saturated rings. The van der Waals surface area contributed by atoms with Gasteiger partial charge in [-0.3, -0.25) is 9.36 Å². The monoisotopic (exact) mass is 503 g/mol. The van der Waals surface area contributed by atoms with E-state index in [1.54, 1.807) is 19.2 Å². The van der Waals surface area contributed by atoms with Crippen molar-refractivity contribution in [1.82, 2.24) is 19.7 Å². The molecule has 0 bridgehead atoms. The van der Waals surface area contributed by atoms with Gasteiger partial charge in [-0.1, -0.05) is 53.7 Å². The molecule has 0 aliphatic heterocycles. The molecule has 0 aliphatic rings. The Morgan fingerprint density at radius 1 is 1.06 bits per heavy atom. The lowest BCUT2D eigenvalue weighted by Crippen LogP contribution is -2.23. The number of amides is 1. The van der Waals surface area contributed by atoms with Gasteiger partial charge < -0.3 is 15.0 Å². The van der Waals surface area contributed by atoms with Crippen LogP contribution in [0.25, 0.3) is 28.0 Å². The van der Waals surface area contributed by atoms with Crippen molar-refractivity contribution < 1.29 is 9.53 Å². The molecule has 3 aromatic carbocycles. The number of fused-ring (bicyclic) bond motifs is 1. The summed E-state index contributed by atoms with van der Waals surface area (Å²) in [6, 6.07) is 22.8. The zero-order valence-corrected chi connectivity index (χ0v) is 20.6. The highest BCUT2D eigenvalue weighted by atomic mass is 35.5. The highest BCUT2D eigenvalue weighted by Crippen LogP contribution is 2.34. The molecule has 0 radical (unpaired) electrons. The van der Waals surface area contributed by atoms with E-state index in [1.807, 2.05) is 78.4 Å². The van der Waals surface area contributed by atoms with Crippen molar-refractivity contribution in [3.8, 4) is 22.8 Å². The first-order valence-electron chi connectivity index (χ1n) is 10.9. The molecule has 176 valence electrons. The zero-order valence-electron chi connectivity index (χ0n) is 19.0. The summed E-state index contributed by atoms with van der Waals surface area (Å²) in [6.45, 7) is 1.83. The molecule has 1 unspecified atom stereocenters. The normalized spacial score (nSPS) is 12.0. The lowest BCUT2D eigenvalue weighted by Gasteiger charge is -2.15. The molecule has 0 aliphatic carbocycles. The molecule has 0 saturated heterocycles. The van der Waals surface area contributed by atoms with Crippen LogP contribution < -0.4 is 10.1 Å². The van der Waals surface area contributed by atoms with Crippen molar-refractivity contribution in [3.05, 3.63) is 84.0 Å². The van der Waals surface area contributed by atoms with E-state index in [1.165, 1.54) is 11.8 Å². The molecule has 35 heavy (non-hydrogen) atoms. The highest BCUT2D eigenvalue weighted by molar-refractivity contribution is 8.00. The number of thioether (sulfide) groups is 1. The number of nitrogens with one attached hydrogen (secondary N) is 2. The summed E-state index contributed by atoms with van der Waals surface area (Å²) in [4.78, 5) is 16.3.